The highest BCUT2D eigenvalue weighted by Gasteiger charge is 2.37. The van der Waals surface area contributed by atoms with Crippen LogP contribution in [0.1, 0.15) is 30.9 Å². The molecule has 1 atom stereocenters. The first kappa shape index (κ1) is 10.4. The van der Waals surface area contributed by atoms with Crippen molar-refractivity contribution in [1.29, 1.82) is 0 Å². The molecule has 17 heavy (non-hydrogen) atoms. The van der Waals surface area contributed by atoms with Crippen molar-refractivity contribution >= 4 is 6.09 Å². The van der Waals surface area contributed by atoms with Crippen LogP contribution in [-0.4, -0.2) is 28.7 Å². The number of benzene rings is 1. The molecule has 0 spiro atoms. The van der Waals surface area contributed by atoms with E-state index in [1.165, 1.54) is 0 Å². The van der Waals surface area contributed by atoms with Crippen molar-refractivity contribution in [3.8, 4) is 5.75 Å². The molecule has 0 aromatic heterocycles. The zero-order valence-corrected chi connectivity index (χ0v) is 9.50. The van der Waals surface area contributed by atoms with Gasteiger partial charge in [0.1, 0.15) is 11.9 Å². The molecule has 1 N–H and O–H groups in total. The van der Waals surface area contributed by atoms with Crippen LogP contribution in [0.5, 0.6) is 5.75 Å². The van der Waals surface area contributed by atoms with Gasteiger partial charge in [0.15, 0.2) is 0 Å². The van der Waals surface area contributed by atoms with E-state index in [0.29, 0.717) is 6.04 Å². The van der Waals surface area contributed by atoms with E-state index < -0.39 is 0 Å². The van der Waals surface area contributed by atoms with Crippen LogP contribution in [0.3, 0.4) is 0 Å². The third kappa shape index (κ3) is 2.07. The number of aromatic hydroxyl groups is 1. The van der Waals surface area contributed by atoms with E-state index in [2.05, 4.69) is 0 Å². The predicted molar refractivity (Wildman–Crippen MR) is 61.7 cm³/mol. The molecule has 1 aromatic rings. The van der Waals surface area contributed by atoms with Crippen LogP contribution >= 0.6 is 0 Å². The molecule has 4 heteroatoms. The Bertz CT molecular complexity index is 442. The number of rotatable bonds is 2. The van der Waals surface area contributed by atoms with Crippen LogP contribution in [0.2, 0.25) is 0 Å². The monoisotopic (exact) mass is 233 g/mol. The predicted octanol–water partition coefficient (Wildman–Crippen LogP) is 2.44. The smallest absolute Gasteiger partial charge is 0.410 e. The number of hydrogen-bond acceptors (Lipinski definition) is 3. The lowest BCUT2D eigenvalue weighted by Gasteiger charge is -2.32. The van der Waals surface area contributed by atoms with Crippen LogP contribution in [0.25, 0.3) is 0 Å². The highest BCUT2D eigenvalue weighted by atomic mass is 16.6. The first-order valence-corrected chi connectivity index (χ1v) is 6.00. The molecular weight excluding hydrogens is 218 g/mol. The lowest BCUT2D eigenvalue weighted by Crippen LogP contribution is -2.40. The van der Waals surface area contributed by atoms with Gasteiger partial charge in [-0.2, -0.15) is 0 Å². The second-order valence-corrected chi connectivity index (χ2v) is 4.68. The second kappa shape index (κ2) is 3.95. The van der Waals surface area contributed by atoms with Gasteiger partial charge >= 0.3 is 6.09 Å². The third-order valence-electron chi connectivity index (χ3n) is 3.34. The molecule has 1 unspecified atom stereocenters. The maximum absolute atomic E-state index is 11.8. The van der Waals surface area contributed by atoms with E-state index in [-0.39, 0.29) is 17.9 Å². The molecule has 1 saturated heterocycles. The van der Waals surface area contributed by atoms with Gasteiger partial charge in [-0.1, -0.05) is 12.1 Å². The summed E-state index contributed by atoms with van der Waals surface area (Å²) in [5.41, 5.74) is 0.869. The van der Waals surface area contributed by atoms with Crippen molar-refractivity contribution in [2.45, 2.75) is 31.4 Å². The minimum absolute atomic E-state index is 0.211. The summed E-state index contributed by atoms with van der Waals surface area (Å²) in [5.74, 6) is 0.211. The normalized spacial score (nSPS) is 24.6. The van der Waals surface area contributed by atoms with Gasteiger partial charge in [0, 0.05) is 19.0 Å². The summed E-state index contributed by atoms with van der Waals surface area (Å²) in [6, 6.07) is 7.33. The van der Waals surface area contributed by atoms with Crippen LogP contribution in [0.4, 0.5) is 4.79 Å². The Balaban J connectivity index is 1.72. The highest BCUT2D eigenvalue weighted by molar-refractivity contribution is 5.69. The first-order chi connectivity index (χ1) is 8.24. The van der Waals surface area contributed by atoms with Gasteiger partial charge in [-0.25, -0.2) is 4.79 Å². The van der Waals surface area contributed by atoms with Gasteiger partial charge in [0.05, 0.1) is 0 Å². The van der Waals surface area contributed by atoms with Crippen molar-refractivity contribution in [2.24, 2.45) is 0 Å². The fourth-order valence-electron chi connectivity index (χ4n) is 2.27. The average molecular weight is 233 g/mol. The van der Waals surface area contributed by atoms with Crippen molar-refractivity contribution in [3.05, 3.63) is 29.8 Å². The Morgan fingerprint density at radius 2 is 2.12 bits per heavy atom. The van der Waals surface area contributed by atoms with Gasteiger partial charge in [0.25, 0.3) is 0 Å². The number of carbonyl (C=O) groups is 1. The fraction of sp³-hybridized carbons (Fsp3) is 0.462. The van der Waals surface area contributed by atoms with E-state index in [0.717, 1.165) is 31.4 Å². The molecule has 1 saturated carbocycles. The molecule has 1 aliphatic heterocycles. The summed E-state index contributed by atoms with van der Waals surface area (Å²) >= 11 is 0. The molecule has 2 fully saturated rings. The van der Waals surface area contributed by atoms with Crippen molar-refractivity contribution in [2.75, 3.05) is 6.54 Å². The van der Waals surface area contributed by atoms with Crippen LogP contribution in [-0.2, 0) is 4.74 Å². The Morgan fingerprint density at radius 1 is 1.29 bits per heavy atom. The lowest BCUT2D eigenvalue weighted by atomic mass is 10.0. The zero-order chi connectivity index (χ0) is 11.8. The first-order valence-electron chi connectivity index (χ1n) is 6.00. The van der Waals surface area contributed by atoms with Gasteiger partial charge < -0.3 is 14.7 Å². The summed E-state index contributed by atoms with van der Waals surface area (Å²) in [7, 11) is 0. The molecule has 4 nitrogen and oxygen atoms in total. The van der Waals surface area contributed by atoms with E-state index >= 15 is 0 Å². The third-order valence-corrected chi connectivity index (χ3v) is 3.34. The number of phenols is 1. The number of hydrogen-bond donors (Lipinski definition) is 1. The van der Waals surface area contributed by atoms with E-state index in [1.807, 2.05) is 11.0 Å². The fourth-order valence-corrected chi connectivity index (χ4v) is 2.27. The zero-order valence-electron chi connectivity index (χ0n) is 9.50. The van der Waals surface area contributed by atoms with Crippen LogP contribution in [0, 0.1) is 0 Å². The topological polar surface area (TPSA) is 49.8 Å². The molecular formula is C13H15NO3. The molecule has 0 bridgehead atoms. The summed E-state index contributed by atoms with van der Waals surface area (Å²) < 4.78 is 5.42. The Morgan fingerprint density at radius 3 is 2.76 bits per heavy atom. The maximum atomic E-state index is 11.8. The molecule has 0 radical (unpaired) electrons. The van der Waals surface area contributed by atoms with E-state index in [4.69, 9.17) is 4.74 Å². The van der Waals surface area contributed by atoms with Crippen molar-refractivity contribution in [3.63, 3.8) is 0 Å². The van der Waals surface area contributed by atoms with Crippen molar-refractivity contribution < 1.29 is 14.6 Å². The van der Waals surface area contributed by atoms with E-state index in [1.54, 1.807) is 18.2 Å². The molecule has 1 aromatic carbocycles. The van der Waals surface area contributed by atoms with Gasteiger partial charge in [-0.3, -0.25) is 0 Å². The Labute approximate surface area is 99.8 Å². The van der Waals surface area contributed by atoms with Crippen molar-refractivity contribution in [1.82, 2.24) is 4.90 Å². The molecule has 3 rings (SSSR count). The Hall–Kier alpha value is -1.71. The quantitative estimate of drug-likeness (QED) is 0.853. The standard InChI is InChI=1S/C13H15NO3/c15-11-3-1-2-9(8-11)12-6-7-14(10-4-5-10)13(16)17-12/h1-3,8,10,12,15H,4-7H2. The summed E-state index contributed by atoms with van der Waals surface area (Å²) in [5, 5.41) is 9.41. The number of ether oxygens (including phenoxy) is 1. The van der Waals surface area contributed by atoms with Gasteiger partial charge in [-0.05, 0) is 30.5 Å². The lowest BCUT2D eigenvalue weighted by molar-refractivity contribution is 0.0216. The molecule has 1 aliphatic carbocycles. The molecule has 1 amide bonds. The van der Waals surface area contributed by atoms with E-state index in [9.17, 15) is 9.90 Å². The number of cyclic esters (lactones) is 1. The molecule has 1 heterocycles. The van der Waals surface area contributed by atoms with Crippen LogP contribution < -0.4 is 0 Å². The SMILES string of the molecule is O=C1OC(c2cccc(O)c2)CCN1C1CC1. The van der Waals surface area contributed by atoms with Gasteiger partial charge in [-0.15, -0.1) is 0 Å². The number of nitrogens with zero attached hydrogens (tertiary/aromatic N) is 1. The number of amides is 1. The number of phenolic OH excluding ortho intramolecular Hbond substituents is 1. The minimum Gasteiger partial charge on any atom is -0.508 e. The summed E-state index contributed by atoms with van der Waals surface area (Å²) in [6.07, 6.45) is 2.57. The Kier molecular flexibility index (Phi) is 2.42. The average Bonchev–Trinajstić information content (AvgIpc) is 3.13. The molecule has 2 aliphatic rings. The summed E-state index contributed by atoms with van der Waals surface area (Å²) in [4.78, 5) is 13.6. The summed E-state index contributed by atoms with van der Waals surface area (Å²) in [6.45, 7) is 0.754. The van der Waals surface area contributed by atoms with Crippen LogP contribution in [0.15, 0.2) is 24.3 Å². The minimum atomic E-state index is -0.218. The largest absolute Gasteiger partial charge is 0.508 e. The molecule has 90 valence electrons. The van der Waals surface area contributed by atoms with Gasteiger partial charge in [0.2, 0.25) is 0 Å². The highest BCUT2D eigenvalue weighted by Crippen LogP contribution is 2.34. The second-order valence-electron chi connectivity index (χ2n) is 4.68. The maximum Gasteiger partial charge on any atom is 0.410 e. The number of carbonyl (C=O) groups excluding carboxylic acids is 1.